The van der Waals surface area contributed by atoms with Gasteiger partial charge in [-0.1, -0.05) is 19.8 Å². The van der Waals surface area contributed by atoms with E-state index in [0.717, 1.165) is 25.9 Å². The maximum Gasteiger partial charge on any atom is 0.261 e. The first-order valence-electron chi connectivity index (χ1n) is 6.40. The van der Waals surface area contributed by atoms with E-state index in [-0.39, 0.29) is 11.8 Å². The number of aliphatic imine (C=N–C) groups is 1. The zero-order chi connectivity index (χ0) is 12.3. The molecule has 0 spiro atoms. The lowest BCUT2D eigenvalue weighted by atomic mass is 10.0. The third-order valence-corrected chi connectivity index (χ3v) is 3.38. The lowest BCUT2D eigenvalue weighted by Crippen LogP contribution is -2.51. The average Bonchev–Trinajstić information content (AvgIpc) is 2.57. The first-order valence-corrected chi connectivity index (χ1v) is 6.40. The van der Waals surface area contributed by atoms with Crippen LogP contribution in [-0.2, 0) is 9.59 Å². The van der Waals surface area contributed by atoms with Crippen LogP contribution >= 0.6 is 0 Å². The Morgan fingerprint density at radius 2 is 1.88 bits per heavy atom. The highest BCUT2D eigenvalue weighted by Crippen LogP contribution is 2.14. The van der Waals surface area contributed by atoms with Gasteiger partial charge in [0.1, 0.15) is 5.92 Å². The molecule has 0 saturated carbocycles. The third-order valence-electron chi connectivity index (χ3n) is 3.38. The predicted octanol–water partition coefficient (Wildman–Crippen LogP) is 0.901. The predicted molar refractivity (Wildman–Crippen MR) is 64.4 cm³/mol. The fourth-order valence-corrected chi connectivity index (χ4v) is 2.31. The molecular weight excluding hydrogens is 218 g/mol. The van der Waals surface area contributed by atoms with Crippen molar-refractivity contribution in [2.24, 2.45) is 10.9 Å². The number of hydrogen-bond acceptors (Lipinski definition) is 3. The second-order valence-corrected chi connectivity index (χ2v) is 4.62. The highest BCUT2D eigenvalue weighted by atomic mass is 16.2. The molecule has 1 fully saturated rings. The summed E-state index contributed by atoms with van der Waals surface area (Å²) >= 11 is 0. The van der Waals surface area contributed by atoms with Crippen molar-refractivity contribution in [1.82, 2.24) is 10.2 Å². The number of hydrogen-bond donors (Lipinski definition) is 1. The molecule has 17 heavy (non-hydrogen) atoms. The summed E-state index contributed by atoms with van der Waals surface area (Å²) in [5.74, 6) is -0.625. The molecule has 0 aromatic heterocycles. The van der Waals surface area contributed by atoms with Crippen LogP contribution in [-0.4, -0.2) is 35.8 Å². The second-order valence-electron chi connectivity index (χ2n) is 4.62. The van der Waals surface area contributed by atoms with Gasteiger partial charge in [-0.25, -0.2) is 0 Å². The van der Waals surface area contributed by atoms with Crippen LogP contribution in [0.15, 0.2) is 4.99 Å². The molecule has 0 radical (unpaired) electrons. The van der Waals surface area contributed by atoms with E-state index in [2.05, 4.69) is 10.3 Å². The van der Waals surface area contributed by atoms with E-state index >= 15 is 0 Å². The zero-order valence-electron chi connectivity index (χ0n) is 10.2. The molecule has 2 amide bonds. The standard InChI is InChI=1S/C12H19N3O2/c1-2-9-10(16)13-12(14-11(9)17)15-7-5-3-4-6-8-15/h9H,2-8H2,1H3,(H,13,14,16,17). The minimum absolute atomic E-state index is 0.202. The summed E-state index contributed by atoms with van der Waals surface area (Å²) in [6.45, 7) is 3.58. The maximum absolute atomic E-state index is 11.7. The second kappa shape index (κ2) is 5.29. The summed E-state index contributed by atoms with van der Waals surface area (Å²) in [7, 11) is 0. The number of guanidine groups is 1. The van der Waals surface area contributed by atoms with Crippen LogP contribution in [0.3, 0.4) is 0 Å². The number of nitrogens with one attached hydrogen (secondary N) is 1. The van der Waals surface area contributed by atoms with Crippen LogP contribution in [0.4, 0.5) is 0 Å². The zero-order valence-corrected chi connectivity index (χ0v) is 10.2. The van der Waals surface area contributed by atoms with E-state index in [0.29, 0.717) is 12.4 Å². The molecule has 1 N–H and O–H groups in total. The van der Waals surface area contributed by atoms with Crippen molar-refractivity contribution in [3.8, 4) is 0 Å². The van der Waals surface area contributed by atoms with E-state index in [1.54, 1.807) is 0 Å². The Hall–Kier alpha value is -1.39. The normalized spacial score (nSPS) is 26.3. The van der Waals surface area contributed by atoms with E-state index in [4.69, 9.17) is 0 Å². The fourth-order valence-electron chi connectivity index (χ4n) is 2.31. The molecule has 94 valence electrons. The first-order chi connectivity index (χ1) is 8.22. The van der Waals surface area contributed by atoms with Gasteiger partial charge in [0.05, 0.1) is 0 Å². The van der Waals surface area contributed by atoms with Gasteiger partial charge < -0.3 is 4.90 Å². The molecule has 1 unspecified atom stereocenters. The highest BCUT2D eigenvalue weighted by molar-refractivity contribution is 6.15. The monoisotopic (exact) mass is 237 g/mol. The van der Waals surface area contributed by atoms with Gasteiger partial charge in [0.2, 0.25) is 11.9 Å². The van der Waals surface area contributed by atoms with Crippen LogP contribution in [0, 0.1) is 5.92 Å². The van der Waals surface area contributed by atoms with Gasteiger partial charge in [-0.2, -0.15) is 4.99 Å². The third kappa shape index (κ3) is 2.65. The molecule has 2 aliphatic rings. The summed E-state index contributed by atoms with van der Waals surface area (Å²) in [6, 6.07) is 0. The van der Waals surface area contributed by atoms with E-state index in [1.807, 2.05) is 11.8 Å². The molecule has 2 rings (SSSR count). The SMILES string of the molecule is CCC1C(=O)N=C(N2CCCCCC2)NC1=O. The van der Waals surface area contributed by atoms with Crippen molar-refractivity contribution in [2.75, 3.05) is 13.1 Å². The van der Waals surface area contributed by atoms with Gasteiger partial charge in [-0.3, -0.25) is 14.9 Å². The number of nitrogens with zero attached hydrogens (tertiary/aromatic N) is 2. The van der Waals surface area contributed by atoms with E-state index < -0.39 is 5.92 Å². The molecule has 5 nitrogen and oxygen atoms in total. The van der Waals surface area contributed by atoms with Gasteiger partial charge >= 0.3 is 0 Å². The topological polar surface area (TPSA) is 61.8 Å². The fraction of sp³-hybridized carbons (Fsp3) is 0.750. The summed E-state index contributed by atoms with van der Waals surface area (Å²) in [5, 5.41) is 2.76. The maximum atomic E-state index is 11.7. The van der Waals surface area contributed by atoms with Crippen molar-refractivity contribution in [3.05, 3.63) is 0 Å². The van der Waals surface area contributed by atoms with Crippen molar-refractivity contribution in [3.63, 3.8) is 0 Å². The molecule has 0 aromatic carbocycles. The molecule has 0 bridgehead atoms. The van der Waals surface area contributed by atoms with E-state index in [9.17, 15) is 9.59 Å². The van der Waals surface area contributed by atoms with Gasteiger partial charge in [-0.15, -0.1) is 0 Å². The van der Waals surface area contributed by atoms with Crippen LogP contribution < -0.4 is 5.32 Å². The van der Waals surface area contributed by atoms with Gasteiger partial charge in [0.15, 0.2) is 0 Å². The number of amides is 2. The Bertz CT molecular complexity index is 344. The summed E-state index contributed by atoms with van der Waals surface area (Å²) in [5.41, 5.74) is 0. The van der Waals surface area contributed by atoms with Crippen LogP contribution in [0.2, 0.25) is 0 Å². The Kier molecular flexibility index (Phi) is 3.76. The number of likely N-dealkylation sites (tertiary alicyclic amines) is 1. The largest absolute Gasteiger partial charge is 0.342 e. The number of carbonyl (C=O) groups excluding carboxylic acids is 2. The lowest BCUT2D eigenvalue weighted by Gasteiger charge is -2.28. The lowest BCUT2D eigenvalue weighted by molar-refractivity contribution is -0.133. The molecule has 2 heterocycles. The minimum atomic E-state index is -0.592. The molecule has 2 aliphatic heterocycles. The molecule has 0 aromatic rings. The summed E-state index contributed by atoms with van der Waals surface area (Å²) in [4.78, 5) is 29.5. The van der Waals surface area contributed by atoms with Crippen molar-refractivity contribution in [2.45, 2.75) is 39.0 Å². The average molecular weight is 237 g/mol. The molecule has 1 atom stereocenters. The van der Waals surface area contributed by atoms with Crippen LogP contribution in [0.25, 0.3) is 0 Å². The Morgan fingerprint density at radius 1 is 1.24 bits per heavy atom. The molecule has 0 aliphatic carbocycles. The highest BCUT2D eigenvalue weighted by Gasteiger charge is 2.32. The van der Waals surface area contributed by atoms with Gasteiger partial charge in [0, 0.05) is 13.1 Å². The van der Waals surface area contributed by atoms with Gasteiger partial charge in [0.25, 0.3) is 5.91 Å². The Balaban J connectivity index is 2.10. The summed E-state index contributed by atoms with van der Waals surface area (Å²) < 4.78 is 0. The van der Waals surface area contributed by atoms with Crippen molar-refractivity contribution in [1.29, 1.82) is 0 Å². The van der Waals surface area contributed by atoms with E-state index in [1.165, 1.54) is 12.8 Å². The van der Waals surface area contributed by atoms with Gasteiger partial charge in [-0.05, 0) is 19.3 Å². The van der Waals surface area contributed by atoms with Crippen molar-refractivity contribution < 1.29 is 9.59 Å². The Labute approximate surface area is 101 Å². The number of carbonyl (C=O) groups is 2. The first kappa shape index (κ1) is 12.1. The minimum Gasteiger partial charge on any atom is -0.342 e. The quantitative estimate of drug-likeness (QED) is 0.689. The van der Waals surface area contributed by atoms with Crippen molar-refractivity contribution >= 4 is 17.8 Å². The molecular formula is C12H19N3O2. The molecule has 1 saturated heterocycles. The summed E-state index contributed by atoms with van der Waals surface area (Å²) in [6.07, 6.45) is 5.13. The van der Waals surface area contributed by atoms with Crippen LogP contribution in [0.1, 0.15) is 39.0 Å². The van der Waals surface area contributed by atoms with Crippen LogP contribution in [0.5, 0.6) is 0 Å². The number of rotatable bonds is 1. The Morgan fingerprint density at radius 3 is 2.41 bits per heavy atom. The smallest absolute Gasteiger partial charge is 0.261 e. The molecule has 5 heteroatoms.